The summed E-state index contributed by atoms with van der Waals surface area (Å²) in [6.45, 7) is 5.62. The molecule has 0 saturated carbocycles. The molecule has 3 heteroatoms. The number of carbonyl (C=O) groups is 1. The van der Waals surface area contributed by atoms with Crippen LogP contribution in [0.2, 0.25) is 5.02 Å². The van der Waals surface area contributed by atoms with Crippen molar-refractivity contribution in [3.05, 3.63) is 47.0 Å². The Morgan fingerprint density at radius 1 is 1.40 bits per heavy atom. The molecule has 0 aliphatic rings. The molecule has 0 aromatic heterocycles. The molecule has 0 unspecified atom stereocenters. The molecule has 0 amide bonds. The molecule has 1 aromatic carbocycles. The minimum atomic E-state index is -0.377. The predicted molar refractivity (Wildman–Crippen MR) is 61.0 cm³/mol. The van der Waals surface area contributed by atoms with Crippen LogP contribution in [-0.2, 0) is 9.53 Å². The van der Waals surface area contributed by atoms with Gasteiger partial charge < -0.3 is 4.74 Å². The lowest BCUT2D eigenvalue weighted by atomic mass is 9.94. The number of halogens is 1. The van der Waals surface area contributed by atoms with E-state index in [1.165, 1.54) is 7.11 Å². The van der Waals surface area contributed by atoms with Crippen LogP contribution >= 0.6 is 11.6 Å². The molecule has 1 rings (SSSR count). The van der Waals surface area contributed by atoms with Crippen molar-refractivity contribution in [2.75, 3.05) is 7.11 Å². The molecule has 0 spiro atoms. The van der Waals surface area contributed by atoms with Gasteiger partial charge in [-0.3, -0.25) is 0 Å². The standard InChI is InChI=1S/C12H13ClO2/c1-8(9(2)12(14)15-3)10-4-6-11(13)7-5-10/h4-8H,2H2,1,3H3/t8-/m1/s1. The molecule has 0 bridgehead atoms. The molecular weight excluding hydrogens is 212 g/mol. The maximum Gasteiger partial charge on any atom is 0.333 e. The van der Waals surface area contributed by atoms with Crippen molar-refractivity contribution in [3.8, 4) is 0 Å². The zero-order valence-corrected chi connectivity index (χ0v) is 9.54. The van der Waals surface area contributed by atoms with Crippen LogP contribution in [0.1, 0.15) is 18.4 Å². The van der Waals surface area contributed by atoms with E-state index >= 15 is 0 Å². The van der Waals surface area contributed by atoms with Gasteiger partial charge in [0.2, 0.25) is 0 Å². The van der Waals surface area contributed by atoms with E-state index in [0.29, 0.717) is 10.6 Å². The van der Waals surface area contributed by atoms with E-state index < -0.39 is 0 Å². The average molecular weight is 225 g/mol. The second-order valence-electron chi connectivity index (χ2n) is 3.29. The van der Waals surface area contributed by atoms with Crippen LogP contribution in [0, 0.1) is 0 Å². The van der Waals surface area contributed by atoms with Gasteiger partial charge >= 0.3 is 5.97 Å². The molecule has 0 fully saturated rings. The summed E-state index contributed by atoms with van der Waals surface area (Å²) in [7, 11) is 1.35. The van der Waals surface area contributed by atoms with E-state index in [1.54, 1.807) is 12.1 Å². The molecule has 0 radical (unpaired) electrons. The van der Waals surface area contributed by atoms with Gasteiger partial charge in [0.05, 0.1) is 7.11 Å². The van der Waals surface area contributed by atoms with E-state index in [0.717, 1.165) is 5.56 Å². The van der Waals surface area contributed by atoms with Gasteiger partial charge in [0.15, 0.2) is 0 Å². The molecule has 0 aliphatic heterocycles. The largest absolute Gasteiger partial charge is 0.466 e. The lowest BCUT2D eigenvalue weighted by Crippen LogP contribution is -2.09. The predicted octanol–water partition coefficient (Wildman–Crippen LogP) is 3.17. The summed E-state index contributed by atoms with van der Waals surface area (Å²) in [4.78, 5) is 11.2. The summed E-state index contributed by atoms with van der Waals surface area (Å²) in [6.07, 6.45) is 0. The topological polar surface area (TPSA) is 26.3 Å². The Labute approximate surface area is 94.5 Å². The van der Waals surface area contributed by atoms with Crippen LogP contribution in [0.15, 0.2) is 36.4 Å². The van der Waals surface area contributed by atoms with E-state index in [-0.39, 0.29) is 11.9 Å². The Bertz CT molecular complexity index is 368. The highest BCUT2D eigenvalue weighted by Gasteiger charge is 2.16. The zero-order chi connectivity index (χ0) is 11.4. The highest BCUT2D eigenvalue weighted by atomic mass is 35.5. The van der Waals surface area contributed by atoms with Gasteiger partial charge in [0.1, 0.15) is 0 Å². The number of methoxy groups -OCH3 is 1. The highest BCUT2D eigenvalue weighted by Crippen LogP contribution is 2.24. The van der Waals surface area contributed by atoms with Crippen molar-refractivity contribution in [3.63, 3.8) is 0 Å². The number of esters is 1. The normalized spacial score (nSPS) is 11.9. The summed E-state index contributed by atoms with van der Waals surface area (Å²) in [5.41, 5.74) is 1.44. The lowest BCUT2D eigenvalue weighted by Gasteiger charge is -2.13. The van der Waals surface area contributed by atoms with Gasteiger partial charge in [-0.15, -0.1) is 0 Å². The van der Waals surface area contributed by atoms with Crippen molar-refractivity contribution < 1.29 is 9.53 Å². The maximum atomic E-state index is 11.2. The van der Waals surface area contributed by atoms with Gasteiger partial charge in [-0.2, -0.15) is 0 Å². The summed E-state index contributed by atoms with van der Waals surface area (Å²) in [6, 6.07) is 7.33. The third-order valence-corrected chi connectivity index (χ3v) is 2.59. The number of benzene rings is 1. The Morgan fingerprint density at radius 3 is 2.40 bits per heavy atom. The van der Waals surface area contributed by atoms with Gasteiger partial charge in [-0.25, -0.2) is 4.79 Å². The van der Waals surface area contributed by atoms with E-state index in [2.05, 4.69) is 11.3 Å². The van der Waals surface area contributed by atoms with E-state index in [1.807, 2.05) is 19.1 Å². The monoisotopic (exact) mass is 224 g/mol. The van der Waals surface area contributed by atoms with Crippen molar-refractivity contribution in [1.29, 1.82) is 0 Å². The molecular formula is C12H13ClO2. The van der Waals surface area contributed by atoms with Crippen LogP contribution in [0.3, 0.4) is 0 Å². The highest BCUT2D eigenvalue weighted by molar-refractivity contribution is 6.30. The summed E-state index contributed by atoms with van der Waals surface area (Å²) in [5, 5.41) is 0.676. The number of rotatable bonds is 3. The molecule has 1 atom stereocenters. The number of carbonyl (C=O) groups excluding carboxylic acids is 1. The summed E-state index contributed by atoms with van der Waals surface area (Å²) >= 11 is 5.77. The first-order valence-electron chi connectivity index (χ1n) is 4.59. The third-order valence-electron chi connectivity index (χ3n) is 2.34. The maximum absolute atomic E-state index is 11.2. The molecule has 2 nitrogen and oxygen atoms in total. The molecule has 15 heavy (non-hydrogen) atoms. The van der Waals surface area contributed by atoms with E-state index in [4.69, 9.17) is 11.6 Å². The van der Waals surface area contributed by atoms with Gasteiger partial charge in [0, 0.05) is 16.5 Å². The van der Waals surface area contributed by atoms with Crippen molar-refractivity contribution in [2.24, 2.45) is 0 Å². The first-order valence-corrected chi connectivity index (χ1v) is 4.96. The van der Waals surface area contributed by atoms with Crippen molar-refractivity contribution in [1.82, 2.24) is 0 Å². The Hall–Kier alpha value is -1.28. The van der Waals surface area contributed by atoms with Crippen molar-refractivity contribution >= 4 is 17.6 Å². The fourth-order valence-electron chi connectivity index (χ4n) is 1.26. The first-order chi connectivity index (χ1) is 7.06. The van der Waals surface area contributed by atoms with Crippen molar-refractivity contribution in [2.45, 2.75) is 12.8 Å². The molecule has 80 valence electrons. The zero-order valence-electron chi connectivity index (χ0n) is 8.79. The SMILES string of the molecule is C=C(C(=O)OC)[C@@H](C)c1ccc(Cl)cc1. The molecule has 0 aliphatic carbocycles. The Morgan fingerprint density at radius 2 is 1.93 bits per heavy atom. The van der Waals surface area contributed by atoms with Gasteiger partial charge in [-0.05, 0) is 17.7 Å². The fourth-order valence-corrected chi connectivity index (χ4v) is 1.39. The number of ether oxygens (including phenoxy) is 1. The van der Waals surface area contributed by atoms with Crippen LogP contribution in [-0.4, -0.2) is 13.1 Å². The Balaban J connectivity index is 2.85. The Kier molecular flexibility index (Phi) is 3.92. The van der Waals surface area contributed by atoms with Crippen LogP contribution in [0.25, 0.3) is 0 Å². The minimum absolute atomic E-state index is 0.0604. The third kappa shape index (κ3) is 2.83. The number of hydrogen-bond acceptors (Lipinski definition) is 2. The van der Waals surface area contributed by atoms with Gasteiger partial charge in [0.25, 0.3) is 0 Å². The summed E-state index contributed by atoms with van der Waals surface area (Å²) in [5.74, 6) is -0.438. The van der Waals surface area contributed by atoms with Crippen LogP contribution in [0.4, 0.5) is 0 Å². The smallest absolute Gasteiger partial charge is 0.333 e. The summed E-state index contributed by atoms with van der Waals surface area (Å²) < 4.78 is 4.61. The van der Waals surface area contributed by atoms with Crippen LogP contribution < -0.4 is 0 Å². The first kappa shape index (κ1) is 11.8. The lowest BCUT2D eigenvalue weighted by molar-refractivity contribution is -0.136. The molecule has 0 heterocycles. The molecule has 1 aromatic rings. The molecule has 0 saturated heterocycles. The van der Waals surface area contributed by atoms with Crippen LogP contribution in [0.5, 0.6) is 0 Å². The second-order valence-corrected chi connectivity index (χ2v) is 3.73. The molecule has 0 N–H and O–H groups in total. The minimum Gasteiger partial charge on any atom is -0.466 e. The average Bonchev–Trinajstić information content (AvgIpc) is 2.27. The van der Waals surface area contributed by atoms with Gasteiger partial charge in [-0.1, -0.05) is 37.2 Å². The fraction of sp³-hybridized carbons (Fsp3) is 0.250. The second kappa shape index (κ2) is 4.99. The van der Waals surface area contributed by atoms with E-state index in [9.17, 15) is 4.79 Å². The quantitative estimate of drug-likeness (QED) is 0.582. The number of hydrogen-bond donors (Lipinski definition) is 0.